The predicted molar refractivity (Wildman–Crippen MR) is 128 cm³/mol. The Morgan fingerprint density at radius 2 is 2.06 bits per heavy atom. The lowest BCUT2D eigenvalue weighted by Gasteiger charge is -2.18. The van der Waals surface area contributed by atoms with E-state index in [4.69, 9.17) is 21.6 Å². The van der Waals surface area contributed by atoms with Gasteiger partial charge in [-0.1, -0.05) is 41.6 Å². The van der Waals surface area contributed by atoms with E-state index in [0.29, 0.717) is 38.6 Å². The highest BCUT2D eigenvalue weighted by atomic mass is 35.5. The highest BCUT2D eigenvalue weighted by Gasteiger charge is 2.32. The van der Waals surface area contributed by atoms with Crippen molar-refractivity contribution in [2.75, 3.05) is 12.0 Å². The number of aliphatic imine (C=N–C) groups is 1. The first-order chi connectivity index (χ1) is 15.1. The number of carbonyl (C=O) groups is 1. The number of methoxy groups -OCH3 is 1. The Bertz CT molecular complexity index is 1210. The largest absolute Gasteiger partial charge is 0.495 e. The molecule has 3 aromatic rings. The van der Waals surface area contributed by atoms with Gasteiger partial charge < -0.3 is 4.74 Å². The van der Waals surface area contributed by atoms with Gasteiger partial charge in [0.15, 0.2) is 5.17 Å². The third kappa shape index (κ3) is 4.67. The van der Waals surface area contributed by atoms with Crippen LogP contribution in [0.1, 0.15) is 16.0 Å². The van der Waals surface area contributed by atoms with Crippen LogP contribution in [0.2, 0.25) is 5.02 Å². The molecule has 1 aromatic heterocycles. The number of thiophene rings is 1. The van der Waals surface area contributed by atoms with Crippen LogP contribution in [0.5, 0.6) is 5.75 Å². The summed E-state index contributed by atoms with van der Waals surface area (Å²) in [6.45, 7) is 0. The van der Waals surface area contributed by atoms with Crippen molar-refractivity contribution in [2.24, 2.45) is 4.99 Å². The number of amides is 1. The van der Waals surface area contributed by atoms with Gasteiger partial charge in [0.25, 0.3) is 5.91 Å². The maximum atomic E-state index is 13.2. The van der Waals surface area contributed by atoms with Gasteiger partial charge in [-0.15, -0.1) is 11.3 Å². The van der Waals surface area contributed by atoms with Crippen LogP contribution >= 0.6 is 34.7 Å². The van der Waals surface area contributed by atoms with Crippen LogP contribution in [-0.2, 0) is 10.5 Å². The lowest BCUT2D eigenvalue weighted by atomic mass is 10.2. The summed E-state index contributed by atoms with van der Waals surface area (Å²) in [7, 11) is 1.55. The van der Waals surface area contributed by atoms with Gasteiger partial charge in [-0.25, -0.2) is 4.99 Å². The third-order valence-electron chi connectivity index (χ3n) is 4.50. The Labute approximate surface area is 193 Å². The average molecular weight is 466 g/mol. The number of benzene rings is 2. The fourth-order valence-electron chi connectivity index (χ4n) is 2.95. The molecule has 154 valence electrons. The van der Waals surface area contributed by atoms with Gasteiger partial charge in [-0.2, -0.15) is 5.26 Å². The van der Waals surface area contributed by atoms with Crippen LogP contribution < -0.4 is 9.64 Å². The molecule has 0 aliphatic carbocycles. The molecule has 1 aliphatic heterocycles. The molecular weight excluding hydrogens is 450 g/mol. The second-order valence-corrected chi connectivity index (χ2v) is 8.83. The van der Waals surface area contributed by atoms with Crippen LogP contribution in [0.3, 0.4) is 0 Å². The smallest absolute Gasteiger partial charge is 0.283 e. The Kier molecular flexibility index (Phi) is 6.42. The van der Waals surface area contributed by atoms with Crippen LogP contribution in [0, 0.1) is 11.3 Å². The van der Waals surface area contributed by atoms with Gasteiger partial charge in [-0.05, 0) is 53.4 Å². The summed E-state index contributed by atoms with van der Waals surface area (Å²) < 4.78 is 5.23. The molecule has 0 spiro atoms. The Hall–Kier alpha value is -3.05. The highest BCUT2D eigenvalue weighted by Crippen LogP contribution is 2.35. The SMILES string of the molecule is COc1ccc(N2C(=O)/C(=C\c3cccs3)N=C2SCc2ccc(C#N)cc2)cc1Cl. The van der Waals surface area contributed by atoms with Crippen molar-refractivity contribution in [2.45, 2.75) is 5.75 Å². The van der Waals surface area contributed by atoms with E-state index >= 15 is 0 Å². The fraction of sp³-hybridized carbons (Fsp3) is 0.0870. The fourth-order valence-corrected chi connectivity index (χ4v) is 4.82. The standard InChI is InChI=1S/C23H16ClN3O2S2/c1-29-21-9-8-17(11-19(21)24)27-22(28)20(12-18-3-2-10-30-18)26-23(27)31-14-16-6-4-15(13-25)5-7-16/h2-12H,14H2,1H3/b20-12+. The second-order valence-electron chi connectivity index (χ2n) is 6.50. The number of hydrogen-bond donors (Lipinski definition) is 0. The summed E-state index contributed by atoms with van der Waals surface area (Å²) in [6, 6.07) is 18.6. The zero-order chi connectivity index (χ0) is 21.8. The lowest BCUT2D eigenvalue weighted by molar-refractivity contribution is -0.113. The molecule has 4 rings (SSSR count). The zero-order valence-corrected chi connectivity index (χ0v) is 18.8. The summed E-state index contributed by atoms with van der Waals surface area (Å²) in [6.07, 6.45) is 1.79. The van der Waals surface area contributed by atoms with Crippen molar-refractivity contribution in [3.8, 4) is 11.8 Å². The van der Waals surface area contributed by atoms with Gasteiger partial charge in [0.05, 0.1) is 29.5 Å². The minimum Gasteiger partial charge on any atom is -0.495 e. The van der Waals surface area contributed by atoms with E-state index in [1.54, 1.807) is 59.8 Å². The minimum absolute atomic E-state index is 0.211. The third-order valence-corrected chi connectivity index (χ3v) is 6.62. The average Bonchev–Trinajstić information content (AvgIpc) is 3.41. The molecule has 0 N–H and O–H groups in total. The van der Waals surface area contributed by atoms with Gasteiger partial charge >= 0.3 is 0 Å². The molecule has 5 nitrogen and oxygen atoms in total. The Balaban J connectivity index is 1.65. The molecule has 8 heteroatoms. The molecule has 0 radical (unpaired) electrons. The molecule has 0 fully saturated rings. The molecule has 0 saturated heterocycles. The summed E-state index contributed by atoms with van der Waals surface area (Å²) in [5.74, 6) is 0.928. The van der Waals surface area contributed by atoms with E-state index < -0.39 is 0 Å². The van der Waals surface area contributed by atoms with Crippen LogP contribution in [-0.4, -0.2) is 18.2 Å². The molecule has 2 heterocycles. The molecule has 0 atom stereocenters. The number of hydrogen-bond acceptors (Lipinski definition) is 6. The maximum Gasteiger partial charge on any atom is 0.283 e. The van der Waals surface area contributed by atoms with Crippen molar-refractivity contribution in [1.29, 1.82) is 5.26 Å². The molecule has 0 bridgehead atoms. The number of nitrogens with zero attached hydrogens (tertiary/aromatic N) is 3. The van der Waals surface area contributed by atoms with Crippen molar-refractivity contribution in [3.05, 3.63) is 86.7 Å². The highest BCUT2D eigenvalue weighted by molar-refractivity contribution is 8.13. The van der Waals surface area contributed by atoms with E-state index in [0.717, 1.165) is 10.4 Å². The monoisotopic (exact) mass is 465 g/mol. The van der Waals surface area contributed by atoms with E-state index in [9.17, 15) is 4.79 Å². The normalized spacial score (nSPS) is 14.6. The topological polar surface area (TPSA) is 65.7 Å². The summed E-state index contributed by atoms with van der Waals surface area (Å²) in [4.78, 5) is 20.4. The summed E-state index contributed by atoms with van der Waals surface area (Å²) in [5.41, 5.74) is 2.63. The van der Waals surface area contributed by atoms with E-state index in [-0.39, 0.29) is 5.91 Å². The predicted octanol–water partition coefficient (Wildman–Crippen LogP) is 5.96. The molecule has 0 saturated carbocycles. The number of anilines is 1. The zero-order valence-electron chi connectivity index (χ0n) is 16.4. The Morgan fingerprint density at radius 3 is 2.71 bits per heavy atom. The molecule has 0 unspecified atom stereocenters. The quantitative estimate of drug-likeness (QED) is 0.436. The van der Waals surface area contributed by atoms with E-state index in [1.165, 1.54) is 11.8 Å². The Morgan fingerprint density at radius 1 is 1.26 bits per heavy atom. The van der Waals surface area contributed by atoms with Gasteiger partial charge in [0.1, 0.15) is 11.4 Å². The molecule has 31 heavy (non-hydrogen) atoms. The van der Waals surface area contributed by atoms with Gasteiger partial charge in [-0.3, -0.25) is 9.69 Å². The van der Waals surface area contributed by atoms with Crippen molar-refractivity contribution in [3.63, 3.8) is 0 Å². The number of carbonyl (C=O) groups excluding carboxylic acids is 1. The van der Waals surface area contributed by atoms with E-state index in [2.05, 4.69) is 11.1 Å². The van der Waals surface area contributed by atoms with Crippen LogP contribution in [0.25, 0.3) is 6.08 Å². The first-order valence-electron chi connectivity index (χ1n) is 9.23. The van der Waals surface area contributed by atoms with Gasteiger partial charge in [0, 0.05) is 10.6 Å². The lowest BCUT2D eigenvalue weighted by Crippen LogP contribution is -2.30. The number of halogens is 1. The second kappa shape index (κ2) is 9.40. The number of thioether (sulfide) groups is 1. The first kappa shape index (κ1) is 21.2. The minimum atomic E-state index is -0.211. The number of rotatable bonds is 5. The van der Waals surface area contributed by atoms with Crippen LogP contribution in [0.4, 0.5) is 5.69 Å². The first-order valence-corrected chi connectivity index (χ1v) is 11.5. The molecule has 2 aromatic carbocycles. The van der Waals surface area contributed by atoms with E-state index in [1.807, 2.05) is 29.6 Å². The molecule has 1 aliphatic rings. The van der Waals surface area contributed by atoms with Crippen molar-refractivity contribution < 1.29 is 9.53 Å². The van der Waals surface area contributed by atoms with Crippen molar-refractivity contribution in [1.82, 2.24) is 0 Å². The molecular formula is C23H16ClN3O2S2. The molecule has 1 amide bonds. The number of nitriles is 1. The summed E-state index contributed by atoms with van der Waals surface area (Å²) >= 11 is 9.30. The van der Waals surface area contributed by atoms with Gasteiger partial charge in [0.2, 0.25) is 0 Å². The number of ether oxygens (including phenoxy) is 1. The number of amidine groups is 1. The summed E-state index contributed by atoms with van der Waals surface area (Å²) in [5, 5.41) is 11.9. The van der Waals surface area contributed by atoms with Crippen molar-refractivity contribution >= 4 is 57.5 Å². The maximum absolute atomic E-state index is 13.2. The van der Waals surface area contributed by atoms with Crippen LogP contribution in [0.15, 0.2) is 70.7 Å².